The van der Waals surface area contributed by atoms with Crippen LogP contribution < -0.4 is 5.32 Å². The maximum absolute atomic E-state index is 12.5. The summed E-state index contributed by atoms with van der Waals surface area (Å²) >= 11 is 0. The van der Waals surface area contributed by atoms with Crippen LogP contribution in [-0.2, 0) is 4.79 Å². The Hall–Kier alpha value is -1.06. The molecule has 1 aliphatic rings. The number of hydrogen-bond donors (Lipinski definition) is 1. The summed E-state index contributed by atoms with van der Waals surface area (Å²) < 4.78 is 0. The molecule has 3 nitrogen and oxygen atoms in total. The molecular formula is C16H25ClN2O. The lowest BCUT2D eigenvalue weighted by atomic mass is 9.87. The number of aryl methyl sites for hydroxylation is 1. The summed E-state index contributed by atoms with van der Waals surface area (Å²) in [4.78, 5) is 14.4. The lowest BCUT2D eigenvalue weighted by molar-refractivity contribution is -0.138. The van der Waals surface area contributed by atoms with Crippen LogP contribution in [0, 0.1) is 18.8 Å². The molecule has 112 valence electrons. The van der Waals surface area contributed by atoms with Crippen LogP contribution in [0.3, 0.4) is 0 Å². The highest BCUT2D eigenvalue weighted by molar-refractivity contribution is 5.85. The van der Waals surface area contributed by atoms with Gasteiger partial charge in [-0.3, -0.25) is 4.79 Å². The summed E-state index contributed by atoms with van der Waals surface area (Å²) in [7, 11) is 1.92. The van der Waals surface area contributed by atoms with Gasteiger partial charge in [0.15, 0.2) is 0 Å². The van der Waals surface area contributed by atoms with E-state index < -0.39 is 0 Å². The van der Waals surface area contributed by atoms with Crippen LogP contribution in [0.1, 0.15) is 31.0 Å². The second kappa shape index (κ2) is 7.09. The van der Waals surface area contributed by atoms with E-state index in [0.717, 1.165) is 13.1 Å². The van der Waals surface area contributed by atoms with Crippen molar-refractivity contribution in [3.8, 4) is 0 Å². The minimum atomic E-state index is 0. The zero-order chi connectivity index (χ0) is 14.0. The second-order valence-electron chi connectivity index (χ2n) is 5.69. The highest BCUT2D eigenvalue weighted by atomic mass is 35.5. The van der Waals surface area contributed by atoms with E-state index in [1.54, 1.807) is 0 Å². The largest absolute Gasteiger partial charge is 0.339 e. The van der Waals surface area contributed by atoms with Gasteiger partial charge in [0.2, 0.25) is 5.91 Å². The molecule has 1 aliphatic heterocycles. The zero-order valence-electron chi connectivity index (χ0n) is 12.7. The fourth-order valence-corrected chi connectivity index (χ4v) is 2.64. The first-order valence-corrected chi connectivity index (χ1v) is 7.05. The molecule has 2 rings (SSSR count). The summed E-state index contributed by atoms with van der Waals surface area (Å²) in [5, 5.41) is 3.24. The third-order valence-corrected chi connectivity index (χ3v) is 4.48. The van der Waals surface area contributed by atoms with Crippen molar-refractivity contribution < 1.29 is 4.79 Å². The Labute approximate surface area is 128 Å². The average Bonchev–Trinajstić information content (AvgIpc) is 2.34. The Morgan fingerprint density at radius 2 is 1.90 bits per heavy atom. The normalized spacial score (nSPS) is 17.6. The van der Waals surface area contributed by atoms with Gasteiger partial charge >= 0.3 is 0 Å². The number of nitrogens with one attached hydrogen (secondary N) is 1. The minimum Gasteiger partial charge on any atom is -0.339 e. The van der Waals surface area contributed by atoms with Gasteiger partial charge in [0.05, 0.1) is 6.04 Å². The predicted octanol–water partition coefficient (Wildman–Crippen LogP) is 2.79. The second-order valence-corrected chi connectivity index (χ2v) is 5.69. The van der Waals surface area contributed by atoms with Crippen molar-refractivity contribution in [2.24, 2.45) is 11.8 Å². The number of hydrogen-bond acceptors (Lipinski definition) is 2. The van der Waals surface area contributed by atoms with E-state index in [-0.39, 0.29) is 30.3 Å². The van der Waals surface area contributed by atoms with Gasteiger partial charge in [0.25, 0.3) is 0 Å². The summed E-state index contributed by atoms with van der Waals surface area (Å²) in [6, 6.07) is 8.42. The van der Waals surface area contributed by atoms with Crippen molar-refractivity contribution in [2.75, 3.05) is 20.1 Å². The molecule has 2 unspecified atom stereocenters. The number of halogens is 1. The topological polar surface area (TPSA) is 32.3 Å². The van der Waals surface area contributed by atoms with Crippen LogP contribution in [0.2, 0.25) is 0 Å². The van der Waals surface area contributed by atoms with Crippen LogP contribution in [0.5, 0.6) is 0 Å². The van der Waals surface area contributed by atoms with E-state index in [2.05, 4.69) is 38.2 Å². The van der Waals surface area contributed by atoms with Crippen molar-refractivity contribution in [3.05, 3.63) is 35.4 Å². The number of benzene rings is 1. The molecule has 1 aromatic rings. The summed E-state index contributed by atoms with van der Waals surface area (Å²) in [5.74, 6) is 0.860. The number of amides is 1. The standard InChI is InChI=1S/C16H24N2O.ClH/c1-11-7-5-6-8-15(11)13(3)18(4)16(19)12(2)14-9-17-10-14;/h5-8,12-14,17H,9-10H2,1-4H3;1H. The summed E-state index contributed by atoms with van der Waals surface area (Å²) in [6.45, 7) is 8.20. The van der Waals surface area contributed by atoms with Gasteiger partial charge in [-0.05, 0) is 44.0 Å². The Morgan fingerprint density at radius 3 is 2.40 bits per heavy atom. The van der Waals surface area contributed by atoms with Crippen LogP contribution in [0.4, 0.5) is 0 Å². The van der Waals surface area contributed by atoms with E-state index in [9.17, 15) is 4.79 Å². The van der Waals surface area contributed by atoms with Crippen LogP contribution >= 0.6 is 12.4 Å². The van der Waals surface area contributed by atoms with Crippen molar-refractivity contribution in [3.63, 3.8) is 0 Å². The first kappa shape index (κ1) is 17.0. The van der Waals surface area contributed by atoms with E-state index in [1.807, 2.05) is 24.1 Å². The highest BCUT2D eigenvalue weighted by Gasteiger charge is 2.32. The van der Waals surface area contributed by atoms with Gasteiger partial charge in [-0.1, -0.05) is 31.2 Å². The number of rotatable bonds is 4. The maximum Gasteiger partial charge on any atom is 0.226 e. The lowest BCUT2D eigenvalue weighted by Crippen LogP contribution is -2.50. The molecule has 1 saturated heterocycles. The molecule has 0 radical (unpaired) electrons. The molecule has 0 saturated carbocycles. The van der Waals surface area contributed by atoms with Crippen LogP contribution in [0.25, 0.3) is 0 Å². The molecule has 0 bridgehead atoms. The third-order valence-electron chi connectivity index (χ3n) is 4.48. The molecule has 0 spiro atoms. The fraction of sp³-hybridized carbons (Fsp3) is 0.562. The lowest BCUT2D eigenvalue weighted by Gasteiger charge is -2.36. The average molecular weight is 297 g/mol. The van der Waals surface area contributed by atoms with Gasteiger partial charge in [-0.25, -0.2) is 0 Å². The highest BCUT2D eigenvalue weighted by Crippen LogP contribution is 2.26. The van der Waals surface area contributed by atoms with Gasteiger partial charge in [-0.2, -0.15) is 0 Å². The van der Waals surface area contributed by atoms with Gasteiger partial charge in [-0.15, -0.1) is 12.4 Å². The number of carbonyl (C=O) groups is 1. The van der Waals surface area contributed by atoms with Crippen molar-refractivity contribution in [1.82, 2.24) is 10.2 Å². The molecule has 4 heteroatoms. The monoisotopic (exact) mass is 296 g/mol. The Morgan fingerprint density at radius 1 is 1.30 bits per heavy atom. The first-order chi connectivity index (χ1) is 9.02. The Balaban J connectivity index is 0.00000200. The van der Waals surface area contributed by atoms with Gasteiger partial charge in [0, 0.05) is 13.0 Å². The Kier molecular flexibility index (Phi) is 6.03. The SMILES string of the molecule is Cc1ccccc1C(C)N(C)C(=O)C(C)C1CNC1.Cl. The molecule has 1 fully saturated rings. The van der Waals surface area contributed by atoms with E-state index in [0.29, 0.717) is 5.92 Å². The zero-order valence-corrected chi connectivity index (χ0v) is 13.5. The molecule has 2 atom stereocenters. The third kappa shape index (κ3) is 3.33. The van der Waals surface area contributed by atoms with Gasteiger partial charge < -0.3 is 10.2 Å². The van der Waals surface area contributed by atoms with Crippen molar-refractivity contribution >= 4 is 18.3 Å². The van der Waals surface area contributed by atoms with E-state index in [1.165, 1.54) is 11.1 Å². The quantitative estimate of drug-likeness (QED) is 0.926. The number of carbonyl (C=O) groups excluding carboxylic acids is 1. The van der Waals surface area contributed by atoms with Crippen LogP contribution in [-0.4, -0.2) is 30.9 Å². The summed E-state index contributed by atoms with van der Waals surface area (Å²) in [6.07, 6.45) is 0. The first-order valence-electron chi connectivity index (χ1n) is 7.05. The van der Waals surface area contributed by atoms with E-state index >= 15 is 0 Å². The van der Waals surface area contributed by atoms with Crippen molar-refractivity contribution in [1.29, 1.82) is 0 Å². The molecular weight excluding hydrogens is 272 g/mol. The molecule has 1 amide bonds. The molecule has 0 aromatic heterocycles. The smallest absolute Gasteiger partial charge is 0.226 e. The molecule has 1 heterocycles. The fourth-order valence-electron chi connectivity index (χ4n) is 2.64. The van der Waals surface area contributed by atoms with E-state index in [4.69, 9.17) is 0 Å². The molecule has 20 heavy (non-hydrogen) atoms. The summed E-state index contributed by atoms with van der Waals surface area (Å²) in [5.41, 5.74) is 2.48. The van der Waals surface area contributed by atoms with Gasteiger partial charge in [0.1, 0.15) is 0 Å². The molecule has 1 N–H and O–H groups in total. The Bertz CT molecular complexity index is 460. The maximum atomic E-state index is 12.5. The van der Waals surface area contributed by atoms with Crippen LogP contribution in [0.15, 0.2) is 24.3 Å². The minimum absolute atomic E-state index is 0. The predicted molar refractivity (Wildman–Crippen MR) is 85.1 cm³/mol. The molecule has 0 aliphatic carbocycles. The van der Waals surface area contributed by atoms with Crippen molar-refractivity contribution in [2.45, 2.75) is 26.8 Å². The molecule has 1 aromatic carbocycles. The number of nitrogens with zero attached hydrogens (tertiary/aromatic N) is 1.